The van der Waals surface area contributed by atoms with Gasteiger partial charge in [-0.2, -0.15) is 0 Å². The largest absolute Gasteiger partial charge is 0.416 e. The van der Waals surface area contributed by atoms with Gasteiger partial charge in [0.15, 0.2) is 5.13 Å². The van der Waals surface area contributed by atoms with Crippen molar-refractivity contribution in [1.29, 1.82) is 0 Å². The predicted molar refractivity (Wildman–Crippen MR) is 43.1 cm³/mol. The summed E-state index contributed by atoms with van der Waals surface area (Å²) in [5, 5.41) is 3.23. The Morgan fingerprint density at radius 2 is 2.58 bits per heavy atom. The molecular weight excluding hydrogens is 180 g/mol. The standard InChI is InChI=1S/C6H6N2O3S/c1-4(10)8-6-7-2-5(12-6)11-3-9/h2-3H,1H3,(H,7,8,10). The molecule has 1 amide bonds. The van der Waals surface area contributed by atoms with Crippen molar-refractivity contribution in [1.82, 2.24) is 4.98 Å². The number of carbonyl (C=O) groups is 2. The number of thiazole rings is 1. The Labute approximate surface area is 72.4 Å². The summed E-state index contributed by atoms with van der Waals surface area (Å²) < 4.78 is 4.49. The first kappa shape index (κ1) is 8.66. The predicted octanol–water partition coefficient (Wildman–Crippen LogP) is 0.637. The number of nitrogens with zero attached hydrogens (tertiary/aromatic N) is 1. The minimum absolute atomic E-state index is 0.206. The van der Waals surface area contributed by atoms with Gasteiger partial charge < -0.3 is 10.1 Å². The number of anilines is 1. The van der Waals surface area contributed by atoms with Crippen molar-refractivity contribution in [3.05, 3.63) is 6.20 Å². The van der Waals surface area contributed by atoms with Crippen LogP contribution in [-0.2, 0) is 9.59 Å². The van der Waals surface area contributed by atoms with Crippen LogP contribution in [0.15, 0.2) is 6.20 Å². The lowest BCUT2D eigenvalue weighted by Crippen LogP contribution is -2.04. The molecular formula is C6H6N2O3S. The summed E-state index contributed by atoms with van der Waals surface area (Å²) in [4.78, 5) is 24.2. The smallest absolute Gasteiger partial charge is 0.299 e. The molecule has 1 N–H and O–H groups in total. The van der Waals surface area contributed by atoms with Crippen LogP contribution in [0, 0.1) is 0 Å². The molecule has 1 heterocycles. The van der Waals surface area contributed by atoms with Crippen LogP contribution < -0.4 is 10.1 Å². The summed E-state index contributed by atoms with van der Waals surface area (Å²) in [7, 11) is 0. The van der Waals surface area contributed by atoms with Crippen molar-refractivity contribution in [2.75, 3.05) is 5.32 Å². The highest BCUT2D eigenvalue weighted by molar-refractivity contribution is 7.17. The van der Waals surface area contributed by atoms with E-state index in [4.69, 9.17) is 0 Å². The molecule has 6 heteroatoms. The van der Waals surface area contributed by atoms with Crippen LogP contribution in [0.25, 0.3) is 0 Å². The highest BCUT2D eigenvalue weighted by Crippen LogP contribution is 2.24. The summed E-state index contributed by atoms with van der Waals surface area (Å²) in [6.07, 6.45) is 1.37. The normalized spacial score (nSPS) is 9.08. The number of hydrogen-bond donors (Lipinski definition) is 1. The van der Waals surface area contributed by atoms with Crippen molar-refractivity contribution in [2.24, 2.45) is 0 Å². The van der Waals surface area contributed by atoms with Gasteiger partial charge in [-0.05, 0) is 0 Å². The molecule has 1 aromatic rings. The van der Waals surface area contributed by atoms with Crippen LogP contribution in [-0.4, -0.2) is 17.4 Å². The maximum absolute atomic E-state index is 10.5. The second kappa shape index (κ2) is 3.82. The summed E-state index contributed by atoms with van der Waals surface area (Å²) >= 11 is 1.09. The summed E-state index contributed by atoms with van der Waals surface area (Å²) in [5.41, 5.74) is 0. The number of rotatable bonds is 3. The molecule has 64 valence electrons. The second-order valence-electron chi connectivity index (χ2n) is 1.88. The fourth-order valence-corrected chi connectivity index (χ4v) is 1.25. The average molecular weight is 186 g/mol. The van der Waals surface area contributed by atoms with E-state index in [2.05, 4.69) is 15.0 Å². The molecule has 12 heavy (non-hydrogen) atoms. The fourth-order valence-electron chi connectivity index (χ4n) is 0.570. The van der Waals surface area contributed by atoms with Crippen molar-refractivity contribution >= 4 is 28.8 Å². The van der Waals surface area contributed by atoms with Crippen molar-refractivity contribution in [3.8, 4) is 5.06 Å². The highest BCUT2D eigenvalue weighted by atomic mass is 32.1. The van der Waals surface area contributed by atoms with Crippen LogP contribution in [0.5, 0.6) is 5.06 Å². The molecule has 1 aromatic heterocycles. The van der Waals surface area contributed by atoms with Gasteiger partial charge in [-0.3, -0.25) is 9.59 Å². The van der Waals surface area contributed by atoms with E-state index in [0.717, 1.165) is 11.3 Å². The molecule has 1 rings (SSSR count). The maximum Gasteiger partial charge on any atom is 0.299 e. The van der Waals surface area contributed by atoms with E-state index in [0.29, 0.717) is 16.7 Å². The van der Waals surface area contributed by atoms with Gasteiger partial charge in [0.1, 0.15) is 0 Å². The Kier molecular flexibility index (Phi) is 2.76. The van der Waals surface area contributed by atoms with Gasteiger partial charge in [-0.15, -0.1) is 0 Å². The molecule has 0 radical (unpaired) electrons. The Balaban J connectivity index is 2.63. The van der Waals surface area contributed by atoms with E-state index in [9.17, 15) is 9.59 Å². The Bertz CT molecular complexity index is 297. The molecule has 0 unspecified atom stereocenters. The molecule has 0 aliphatic heterocycles. The van der Waals surface area contributed by atoms with E-state index < -0.39 is 0 Å². The van der Waals surface area contributed by atoms with Crippen LogP contribution in [0.4, 0.5) is 5.13 Å². The van der Waals surface area contributed by atoms with Gasteiger partial charge in [-0.25, -0.2) is 4.98 Å². The van der Waals surface area contributed by atoms with Crippen LogP contribution in [0.1, 0.15) is 6.92 Å². The Morgan fingerprint density at radius 3 is 3.17 bits per heavy atom. The molecule has 0 saturated carbocycles. The molecule has 0 aliphatic carbocycles. The van der Waals surface area contributed by atoms with E-state index in [1.165, 1.54) is 13.1 Å². The van der Waals surface area contributed by atoms with E-state index in [1.54, 1.807) is 0 Å². The van der Waals surface area contributed by atoms with Crippen molar-refractivity contribution in [2.45, 2.75) is 6.92 Å². The zero-order chi connectivity index (χ0) is 8.97. The lowest BCUT2D eigenvalue weighted by molar-refractivity contribution is -0.120. The summed E-state index contributed by atoms with van der Waals surface area (Å²) in [6, 6.07) is 0. The molecule has 0 atom stereocenters. The topological polar surface area (TPSA) is 68.3 Å². The third-order valence-corrected chi connectivity index (χ3v) is 1.74. The molecule has 5 nitrogen and oxygen atoms in total. The third kappa shape index (κ3) is 2.31. The average Bonchev–Trinajstić information content (AvgIpc) is 2.36. The minimum Gasteiger partial charge on any atom is -0.416 e. The lowest BCUT2D eigenvalue weighted by atomic mass is 10.7. The first-order chi connectivity index (χ1) is 5.72. The monoisotopic (exact) mass is 186 g/mol. The van der Waals surface area contributed by atoms with Crippen LogP contribution in [0.3, 0.4) is 0 Å². The molecule has 0 bridgehead atoms. The molecule has 0 spiro atoms. The van der Waals surface area contributed by atoms with Crippen molar-refractivity contribution < 1.29 is 14.3 Å². The first-order valence-electron chi connectivity index (χ1n) is 3.06. The van der Waals surface area contributed by atoms with E-state index in [-0.39, 0.29) is 5.91 Å². The second-order valence-corrected chi connectivity index (χ2v) is 2.87. The summed E-state index contributed by atoms with van der Waals surface area (Å²) in [6.45, 7) is 1.69. The highest BCUT2D eigenvalue weighted by Gasteiger charge is 2.02. The maximum atomic E-state index is 10.5. The number of amides is 1. The number of aromatic nitrogens is 1. The number of carbonyl (C=O) groups excluding carboxylic acids is 2. The molecule has 0 fully saturated rings. The molecule has 0 saturated heterocycles. The number of nitrogens with one attached hydrogen (secondary N) is 1. The molecule has 0 aliphatic rings. The summed E-state index contributed by atoms with van der Waals surface area (Å²) in [5.74, 6) is -0.206. The van der Waals surface area contributed by atoms with Gasteiger partial charge in [-0.1, -0.05) is 11.3 Å². The quantitative estimate of drug-likeness (QED) is 0.703. The van der Waals surface area contributed by atoms with Crippen molar-refractivity contribution in [3.63, 3.8) is 0 Å². The third-order valence-electron chi connectivity index (χ3n) is 0.932. The first-order valence-corrected chi connectivity index (χ1v) is 3.87. The van der Waals surface area contributed by atoms with Gasteiger partial charge in [0.2, 0.25) is 11.0 Å². The minimum atomic E-state index is -0.206. The van der Waals surface area contributed by atoms with Gasteiger partial charge in [0, 0.05) is 6.92 Å². The number of hydrogen-bond acceptors (Lipinski definition) is 5. The van der Waals surface area contributed by atoms with Crippen LogP contribution in [0.2, 0.25) is 0 Å². The fraction of sp³-hybridized carbons (Fsp3) is 0.167. The number of ether oxygens (including phenoxy) is 1. The Morgan fingerprint density at radius 1 is 1.83 bits per heavy atom. The van der Waals surface area contributed by atoms with Gasteiger partial charge >= 0.3 is 0 Å². The van der Waals surface area contributed by atoms with Gasteiger partial charge in [0.05, 0.1) is 6.20 Å². The molecule has 0 aromatic carbocycles. The zero-order valence-corrected chi connectivity index (χ0v) is 7.05. The zero-order valence-electron chi connectivity index (χ0n) is 6.23. The Hall–Kier alpha value is -1.43. The van der Waals surface area contributed by atoms with Gasteiger partial charge in [0.25, 0.3) is 6.47 Å². The van der Waals surface area contributed by atoms with Crippen LogP contribution >= 0.6 is 11.3 Å². The SMILES string of the molecule is CC(=O)Nc1ncc(OC=O)s1. The van der Waals surface area contributed by atoms with E-state index >= 15 is 0 Å². The lowest BCUT2D eigenvalue weighted by Gasteiger charge is -1.91. The van der Waals surface area contributed by atoms with E-state index in [1.807, 2.05) is 0 Å².